The summed E-state index contributed by atoms with van der Waals surface area (Å²) in [6.45, 7) is 0. The standard InChI is InChI=1S/C14H10ClNO4/c15-14(17)20-13(10-6-2-1-3-7-10)11-8-4-5-9-12(11)16(18)19/h1-9,13H. The van der Waals surface area contributed by atoms with Crippen molar-refractivity contribution in [3.05, 3.63) is 75.8 Å². The molecule has 0 bridgehead atoms. The zero-order chi connectivity index (χ0) is 14.5. The minimum absolute atomic E-state index is 0.126. The van der Waals surface area contributed by atoms with Crippen LogP contribution in [0, 0.1) is 10.1 Å². The molecule has 0 aliphatic rings. The Kier molecular flexibility index (Phi) is 4.32. The Hall–Kier alpha value is -2.40. The first kappa shape index (κ1) is 14.0. The van der Waals surface area contributed by atoms with Crippen molar-refractivity contribution in [3.8, 4) is 0 Å². The quantitative estimate of drug-likeness (QED) is 0.484. The molecule has 0 fully saturated rings. The summed E-state index contributed by atoms with van der Waals surface area (Å²) in [4.78, 5) is 21.6. The first-order valence-electron chi connectivity index (χ1n) is 5.74. The van der Waals surface area contributed by atoms with E-state index in [1.807, 2.05) is 0 Å². The second kappa shape index (κ2) is 6.16. The lowest BCUT2D eigenvalue weighted by Gasteiger charge is -2.17. The fourth-order valence-electron chi connectivity index (χ4n) is 1.91. The monoisotopic (exact) mass is 291 g/mol. The first-order valence-corrected chi connectivity index (χ1v) is 6.12. The highest BCUT2D eigenvalue weighted by atomic mass is 35.5. The fourth-order valence-corrected chi connectivity index (χ4v) is 2.00. The Morgan fingerprint density at radius 2 is 1.70 bits per heavy atom. The van der Waals surface area contributed by atoms with Gasteiger partial charge < -0.3 is 4.74 Å². The molecule has 1 unspecified atom stereocenters. The molecule has 0 aromatic heterocycles. The van der Waals surface area contributed by atoms with Gasteiger partial charge in [-0.3, -0.25) is 10.1 Å². The molecule has 1 atom stereocenters. The van der Waals surface area contributed by atoms with Crippen molar-refractivity contribution in [2.75, 3.05) is 0 Å². The number of carbonyl (C=O) groups excluding carboxylic acids is 1. The number of hydrogen-bond acceptors (Lipinski definition) is 4. The van der Waals surface area contributed by atoms with Gasteiger partial charge in [-0.2, -0.15) is 0 Å². The lowest BCUT2D eigenvalue weighted by atomic mass is 10.00. The van der Waals surface area contributed by atoms with Gasteiger partial charge in [0.15, 0.2) is 6.10 Å². The molecule has 2 aromatic carbocycles. The Balaban J connectivity index is 2.52. The van der Waals surface area contributed by atoms with E-state index in [2.05, 4.69) is 0 Å². The van der Waals surface area contributed by atoms with Crippen LogP contribution >= 0.6 is 11.6 Å². The number of nitro groups is 1. The van der Waals surface area contributed by atoms with Gasteiger partial charge in [-0.1, -0.05) is 42.5 Å². The Morgan fingerprint density at radius 1 is 1.10 bits per heavy atom. The Morgan fingerprint density at radius 3 is 2.30 bits per heavy atom. The molecule has 0 heterocycles. The van der Waals surface area contributed by atoms with Crippen molar-refractivity contribution < 1.29 is 14.5 Å². The SMILES string of the molecule is O=C(Cl)OC(c1ccccc1)c1ccccc1[N+](=O)[O-]. The minimum atomic E-state index is -1.02. The lowest BCUT2D eigenvalue weighted by molar-refractivity contribution is -0.386. The topological polar surface area (TPSA) is 69.4 Å². The summed E-state index contributed by atoms with van der Waals surface area (Å²) in [6.07, 6.45) is -0.914. The smallest absolute Gasteiger partial charge is 0.404 e. The maximum atomic E-state index is 11.1. The van der Waals surface area contributed by atoms with Crippen LogP contribution in [0.5, 0.6) is 0 Å². The molecule has 20 heavy (non-hydrogen) atoms. The highest BCUT2D eigenvalue weighted by Gasteiger charge is 2.25. The number of benzene rings is 2. The zero-order valence-electron chi connectivity index (χ0n) is 10.2. The third kappa shape index (κ3) is 3.13. The fraction of sp³-hybridized carbons (Fsp3) is 0.0714. The van der Waals surface area contributed by atoms with Crippen LogP contribution in [0.4, 0.5) is 10.5 Å². The lowest BCUT2D eigenvalue weighted by Crippen LogP contribution is -2.10. The van der Waals surface area contributed by atoms with Gasteiger partial charge in [0.2, 0.25) is 0 Å². The molecule has 0 saturated heterocycles. The van der Waals surface area contributed by atoms with E-state index < -0.39 is 16.5 Å². The zero-order valence-corrected chi connectivity index (χ0v) is 11.0. The van der Waals surface area contributed by atoms with E-state index in [4.69, 9.17) is 16.3 Å². The summed E-state index contributed by atoms with van der Waals surface area (Å²) in [7, 11) is 0. The highest BCUT2D eigenvalue weighted by Crippen LogP contribution is 2.33. The van der Waals surface area contributed by atoms with E-state index in [1.165, 1.54) is 12.1 Å². The maximum Gasteiger partial charge on any atom is 0.404 e. The van der Waals surface area contributed by atoms with Gasteiger partial charge in [0.25, 0.3) is 5.69 Å². The van der Waals surface area contributed by atoms with Gasteiger partial charge in [0.1, 0.15) is 0 Å². The molecule has 5 nitrogen and oxygen atoms in total. The summed E-state index contributed by atoms with van der Waals surface area (Å²) >= 11 is 5.27. The number of para-hydroxylation sites is 1. The summed E-state index contributed by atoms with van der Waals surface area (Å²) in [5, 5.41) is 11.1. The van der Waals surface area contributed by atoms with Crippen molar-refractivity contribution in [2.24, 2.45) is 0 Å². The molecule has 0 amide bonds. The molecule has 6 heteroatoms. The van der Waals surface area contributed by atoms with E-state index in [9.17, 15) is 14.9 Å². The van der Waals surface area contributed by atoms with Gasteiger partial charge in [-0.15, -0.1) is 0 Å². The van der Waals surface area contributed by atoms with Gasteiger partial charge >= 0.3 is 5.43 Å². The van der Waals surface area contributed by atoms with Crippen LogP contribution in [0.3, 0.4) is 0 Å². The van der Waals surface area contributed by atoms with E-state index in [-0.39, 0.29) is 11.3 Å². The normalized spacial score (nSPS) is 11.7. The molecular formula is C14H10ClNO4. The summed E-state index contributed by atoms with van der Waals surface area (Å²) < 4.78 is 5.04. The average molecular weight is 292 g/mol. The Labute approximate surface area is 119 Å². The summed E-state index contributed by atoms with van der Waals surface area (Å²) in [5.74, 6) is 0. The van der Waals surface area contributed by atoms with E-state index in [0.717, 1.165) is 0 Å². The van der Waals surface area contributed by atoms with Crippen LogP contribution in [0.25, 0.3) is 0 Å². The van der Waals surface area contributed by atoms with Crippen LogP contribution < -0.4 is 0 Å². The summed E-state index contributed by atoms with van der Waals surface area (Å²) in [5.41, 5.74) is -0.259. The van der Waals surface area contributed by atoms with Crippen molar-refractivity contribution in [1.29, 1.82) is 0 Å². The minimum Gasteiger partial charge on any atom is -0.440 e. The van der Waals surface area contributed by atoms with Crippen molar-refractivity contribution >= 4 is 22.7 Å². The predicted molar refractivity (Wildman–Crippen MR) is 73.7 cm³/mol. The highest BCUT2D eigenvalue weighted by molar-refractivity contribution is 6.61. The van der Waals surface area contributed by atoms with Crippen molar-refractivity contribution in [3.63, 3.8) is 0 Å². The van der Waals surface area contributed by atoms with Gasteiger partial charge in [-0.25, -0.2) is 4.79 Å². The number of carbonyl (C=O) groups is 1. The van der Waals surface area contributed by atoms with Crippen LogP contribution in [0.2, 0.25) is 0 Å². The molecule has 0 saturated carbocycles. The van der Waals surface area contributed by atoms with Gasteiger partial charge in [0, 0.05) is 17.7 Å². The largest absolute Gasteiger partial charge is 0.440 e. The number of nitro benzene ring substituents is 1. The van der Waals surface area contributed by atoms with E-state index in [0.29, 0.717) is 5.56 Å². The third-order valence-corrected chi connectivity index (χ3v) is 2.82. The predicted octanol–water partition coefficient (Wildman–Crippen LogP) is 4.06. The maximum absolute atomic E-state index is 11.1. The molecule has 102 valence electrons. The molecule has 0 aliphatic carbocycles. The molecule has 2 rings (SSSR count). The van der Waals surface area contributed by atoms with Crippen molar-refractivity contribution in [1.82, 2.24) is 0 Å². The van der Waals surface area contributed by atoms with Crippen LogP contribution in [0.1, 0.15) is 17.2 Å². The van der Waals surface area contributed by atoms with Crippen LogP contribution in [-0.4, -0.2) is 10.4 Å². The first-order chi connectivity index (χ1) is 9.59. The van der Waals surface area contributed by atoms with Crippen LogP contribution in [-0.2, 0) is 4.74 Å². The second-order valence-corrected chi connectivity index (χ2v) is 4.27. The number of ether oxygens (including phenoxy) is 1. The number of nitrogens with zero attached hydrogens (tertiary/aromatic N) is 1. The van der Waals surface area contributed by atoms with Gasteiger partial charge in [-0.05, 0) is 11.6 Å². The Bertz CT molecular complexity index is 630. The van der Waals surface area contributed by atoms with Crippen molar-refractivity contribution in [2.45, 2.75) is 6.10 Å². The van der Waals surface area contributed by atoms with Gasteiger partial charge in [0.05, 0.1) is 10.5 Å². The summed E-state index contributed by atoms with van der Waals surface area (Å²) in [6, 6.07) is 14.8. The number of rotatable bonds is 4. The van der Waals surface area contributed by atoms with E-state index in [1.54, 1.807) is 42.5 Å². The molecule has 0 spiro atoms. The second-order valence-electron chi connectivity index (χ2n) is 3.96. The molecule has 0 aliphatic heterocycles. The van der Waals surface area contributed by atoms with E-state index >= 15 is 0 Å². The third-order valence-electron chi connectivity index (χ3n) is 2.73. The molecule has 2 aromatic rings. The molecular weight excluding hydrogens is 282 g/mol. The molecule has 0 radical (unpaired) electrons. The number of halogens is 1. The molecule has 0 N–H and O–H groups in total. The number of hydrogen-bond donors (Lipinski definition) is 0. The van der Waals surface area contributed by atoms with Crippen LogP contribution in [0.15, 0.2) is 54.6 Å². The average Bonchev–Trinajstić information content (AvgIpc) is 2.45.